The molecule has 0 aliphatic heterocycles. The lowest BCUT2D eigenvalue weighted by molar-refractivity contribution is 0.277. The summed E-state index contributed by atoms with van der Waals surface area (Å²) in [5, 5.41) is 5.19. The van der Waals surface area contributed by atoms with E-state index in [0.717, 1.165) is 6.04 Å². The number of hydrogen-bond donors (Lipinski definition) is 0. The summed E-state index contributed by atoms with van der Waals surface area (Å²) in [5.74, 6) is 0. The van der Waals surface area contributed by atoms with Gasteiger partial charge in [-0.05, 0) is 27.1 Å². The van der Waals surface area contributed by atoms with Crippen molar-refractivity contribution in [2.45, 2.75) is 6.04 Å². The van der Waals surface area contributed by atoms with Gasteiger partial charge in [-0.1, -0.05) is 54.6 Å². The smallest absolute Gasteiger partial charge is 0.325 e. The molecule has 0 amide bonds. The van der Waals surface area contributed by atoms with Crippen molar-refractivity contribution in [2.75, 3.05) is 14.2 Å². The minimum atomic E-state index is -1.61. The highest BCUT2D eigenvalue weighted by molar-refractivity contribution is 6.44. The molecule has 0 saturated carbocycles. The van der Waals surface area contributed by atoms with Gasteiger partial charge in [-0.15, -0.1) is 0 Å². The summed E-state index contributed by atoms with van der Waals surface area (Å²) in [5.41, 5.74) is 1.32. The van der Waals surface area contributed by atoms with Gasteiger partial charge in [-0.2, -0.15) is 0 Å². The van der Waals surface area contributed by atoms with Gasteiger partial charge in [0.2, 0.25) is 0 Å². The SMILES string of the molecule is CO[SiH](Cc1cc2ccccc2c2ccccc12)OC. The molecule has 0 aliphatic rings. The number of fused-ring (bicyclic) bond motifs is 3. The van der Waals surface area contributed by atoms with Crippen molar-refractivity contribution in [3.63, 3.8) is 0 Å². The second-order valence-electron chi connectivity index (χ2n) is 4.91. The largest absolute Gasteiger partial charge is 0.400 e. The van der Waals surface area contributed by atoms with Crippen LogP contribution in [0.2, 0.25) is 0 Å². The standard InChI is InChI=1S/C17H18O2Si/c1-18-20(19-2)12-14-11-13-7-3-4-8-15(13)17-10-6-5-9-16(14)17/h3-11,20H,12H2,1-2H3. The Morgan fingerprint density at radius 2 is 1.40 bits per heavy atom. The van der Waals surface area contributed by atoms with Crippen molar-refractivity contribution in [2.24, 2.45) is 0 Å². The first-order valence-electron chi connectivity index (χ1n) is 6.78. The zero-order chi connectivity index (χ0) is 13.9. The fraction of sp³-hybridized carbons (Fsp3) is 0.176. The van der Waals surface area contributed by atoms with Crippen LogP contribution in [0.25, 0.3) is 21.5 Å². The van der Waals surface area contributed by atoms with Gasteiger partial charge >= 0.3 is 9.28 Å². The van der Waals surface area contributed by atoms with Gasteiger partial charge in [-0.3, -0.25) is 0 Å². The Hall–Kier alpha value is -1.68. The molecule has 102 valence electrons. The second-order valence-corrected chi connectivity index (χ2v) is 7.12. The van der Waals surface area contributed by atoms with Gasteiger partial charge in [0.05, 0.1) is 0 Å². The van der Waals surface area contributed by atoms with E-state index in [0.29, 0.717) is 0 Å². The minimum Gasteiger partial charge on any atom is -0.400 e. The van der Waals surface area contributed by atoms with Crippen LogP contribution in [0.1, 0.15) is 5.56 Å². The molecule has 20 heavy (non-hydrogen) atoms. The highest BCUT2D eigenvalue weighted by Gasteiger charge is 2.14. The van der Waals surface area contributed by atoms with E-state index in [2.05, 4.69) is 54.6 Å². The van der Waals surface area contributed by atoms with Crippen molar-refractivity contribution >= 4 is 30.8 Å². The van der Waals surface area contributed by atoms with E-state index in [4.69, 9.17) is 8.85 Å². The van der Waals surface area contributed by atoms with E-state index < -0.39 is 9.28 Å². The third-order valence-corrected chi connectivity index (χ3v) is 5.59. The fourth-order valence-electron chi connectivity index (χ4n) is 2.74. The molecule has 0 aromatic heterocycles. The molecule has 3 heteroatoms. The van der Waals surface area contributed by atoms with Gasteiger partial charge in [0.1, 0.15) is 0 Å². The van der Waals surface area contributed by atoms with E-state index in [1.54, 1.807) is 14.2 Å². The molecule has 3 aromatic carbocycles. The Morgan fingerprint density at radius 1 is 0.800 bits per heavy atom. The van der Waals surface area contributed by atoms with Gasteiger partial charge < -0.3 is 8.85 Å². The van der Waals surface area contributed by atoms with Crippen LogP contribution in [-0.4, -0.2) is 23.5 Å². The Kier molecular flexibility index (Phi) is 3.83. The maximum absolute atomic E-state index is 5.48. The van der Waals surface area contributed by atoms with Gasteiger partial charge in [0.25, 0.3) is 0 Å². The van der Waals surface area contributed by atoms with Crippen LogP contribution in [-0.2, 0) is 14.9 Å². The summed E-state index contributed by atoms with van der Waals surface area (Å²) in [7, 11) is 1.87. The van der Waals surface area contributed by atoms with Crippen LogP contribution in [0.3, 0.4) is 0 Å². The lowest BCUT2D eigenvalue weighted by Crippen LogP contribution is -2.22. The van der Waals surface area contributed by atoms with E-state index in [-0.39, 0.29) is 0 Å². The molecule has 0 aliphatic carbocycles. The summed E-state index contributed by atoms with van der Waals surface area (Å²) < 4.78 is 11.0. The molecule has 0 radical (unpaired) electrons. The molecule has 3 rings (SSSR count). The predicted octanol–water partition coefficient (Wildman–Crippen LogP) is 3.59. The second kappa shape index (κ2) is 5.75. The molecule has 0 bridgehead atoms. The van der Waals surface area contributed by atoms with Crippen LogP contribution in [0.5, 0.6) is 0 Å². The van der Waals surface area contributed by atoms with Crippen LogP contribution >= 0.6 is 0 Å². The first-order valence-corrected chi connectivity index (χ1v) is 8.54. The fourth-order valence-corrected chi connectivity index (χ4v) is 3.97. The summed E-state index contributed by atoms with van der Waals surface area (Å²) in [6, 6.07) is 20.3. The van der Waals surface area contributed by atoms with Crippen LogP contribution in [0.15, 0.2) is 54.6 Å². The van der Waals surface area contributed by atoms with E-state index >= 15 is 0 Å². The van der Waals surface area contributed by atoms with Crippen molar-refractivity contribution in [1.82, 2.24) is 0 Å². The van der Waals surface area contributed by atoms with Gasteiger partial charge in [-0.25, -0.2) is 0 Å². The summed E-state index contributed by atoms with van der Waals surface area (Å²) in [6.07, 6.45) is 0. The molecular formula is C17H18O2Si. The van der Waals surface area contributed by atoms with Crippen molar-refractivity contribution < 1.29 is 8.85 Å². The first kappa shape index (κ1) is 13.3. The molecule has 0 atom stereocenters. The molecule has 2 nitrogen and oxygen atoms in total. The molecule has 0 heterocycles. The normalized spacial score (nSPS) is 11.6. The average molecular weight is 282 g/mol. The topological polar surface area (TPSA) is 18.5 Å². The van der Waals surface area contributed by atoms with Crippen molar-refractivity contribution in [1.29, 1.82) is 0 Å². The minimum absolute atomic E-state index is 0.887. The Balaban J connectivity index is 2.23. The average Bonchev–Trinajstić information content (AvgIpc) is 2.52. The van der Waals surface area contributed by atoms with Crippen molar-refractivity contribution in [3.8, 4) is 0 Å². The molecule has 3 aromatic rings. The molecule has 0 spiro atoms. The third-order valence-electron chi connectivity index (χ3n) is 3.77. The molecule has 0 saturated heterocycles. The van der Waals surface area contributed by atoms with Gasteiger partial charge in [0, 0.05) is 20.3 Å². The van der Waals surface area contributed by atoms with E-state index in [1.165, 1.54) is 27.1 Å². The zero-order valence-corrected chi connectivity index (χ0v) is 13.0. The lowest BCUT2D eigenvalue weighted by atomic mass is 9.98. The molecule has 0 unspecified atom stereocenters. The molecule has 0 N–H and O–H groups in total. The van der Waals surface area contributed by atoms with E-state index in [1.807, 2.05) is 0 Å². The zero-order valence-electron chi connectivity index (χ0n) is 11.8. The molecular weight excluding hydrogens is 264 g/mol. The lowest BCUT2D eigenvalue weighted by Gasteiger charge is -2.14. The highest BCUT2D eigenvalue weighted by atomic mass is 28.3. The Bertz CT molecular complexity index is 735. The van der Waals surface area contributed by atoms with Crippen molar-refractivity contribution in [3.05, 3.63) is 60.2 Å². The third kappa shape index (κ3) is 2.36. The quantitative estimate of drug-likeness (QED) is 0.538. The number of hydrogen-bond acceptors (Lipinski definition) is 2. The van der Waals surface area contributed by atoms with Crippen LogP contribution in [0.4, 0.5) is 0 Å². The summed E-state index contributed by atoms with van der Waals surface area (Å²) >= 11 is 0. The summed E-state index contributed by atoms with van der Waals surface area (Å²) in [6.45, 7) is 0. The van der Waals surface area contributed by atoms with Crippen LogP contribution < -0.4 is 0 Å². The predicted molar refractivity (Wildman–Crippen MR) is 86.3 cm³/mol. The van der Waals surface area contributed by atoms with E-state index in [9.17, 15) is 0 Å². The highest BCUT2D eigenvalue weighted by Crippen LogP contribution is 2.29. The molecule has 0 fully saturated rings. The van der Waals surface area contributed by atoms with Gasteiger partial charge in [0.15, 0.2) is 0 Å². The Morgan fingerprint density at radius 3 is 2.10 bits per heavy atom. The van der Waals surface area contributed by atoms with Crippen LogP contribution in [0, 0.1) is 0 Å². The number of benzene rings is 3. The number of rotatable bonds is 4. The maximum Gasteiger partial charge on any atom is 0.325 e. The maximum atomic E-state index is 5.48. The first-order chi connectivity index (χ1) is 9.83. The summed E-state index contributed by atoms with van der Waals surface area (Å²) in [4.78, 5) is 0. The monoisotopic (exact) mass is 282 g/mol. The Labute approximate surface area is 120 Å².